The molecule has 0 bridgehead atoms. The van der Waals surface area contributed by atoms with Crippen LogP contribution in [0.3, 0.4) is 0 Å². The fourth-order valence-corrected chi connectivity index (χ4v) is 2.96. The van der Waals surface area contributed by atoms with Crippen LogP contribution < -0.4 is 69.3 Å². The van der Waals surface area contributed by atoms with Crippen molar-refractivity contribution in [3.63, 3.8) is 0 Å². The van der Waals surface area contributed by atoms with E-state index < -0.39 is 30.7 Å². The van der Waals surface area contributed by atoms with Gasteiger partial charge in [-0.05, 0) is 13.3 Å². The molecule has 0 rings (SSSR count). The van der Waals surface area contributed by atoms with E-state index in [4.69, 9.17) is 5.11 Å². The van der Waals surface area contributed by atoms with Crippen LogP contribution in [0.2, 0.25) is 0 Å². The van der Waals surface area contributed by atoms with Crippen molar-refractivity contribution in [3.05, 3.63) is 0 Å². The van der Waals surface area contributed by atoms with Gasteiger partial charge in [-0.2, -0.15) is 0 Å². The molecule has 0 heterocycles. The number of rotatable bonds is 15. The van der Waals surface area contributed by atoms with Crippen LogP contribution in [0.4, 0.5) is 9.59 Å². The zero-order valence-corrected chi connectivity index (χ0v) is 22.7. The summed E-state index contributed by atoms with van der Waals surface area (Å²) in [6, 6.07) is -0.827. The number of hydrogen-bond acceptors (Lipinski definition) is 6. The summed E-state index contributed by atoms with van der Waals surface area (Å²) in [6.07, 6.45) is 6.62. The molecule has 0 aliphatic heterocycles. The van der Waals surface area contributed by atoms with Crippen LogP contribution in [0.15, 0.2) is 0 Å². The molecule has 1 atom stereocenters. The second-order valence-corrected chi connectivity index (χ2v) is 6.88. The number of aliphatic hydroxyl groups is 1. The van der Waals surface area contributed by atoms with Gasteiger partial charge in [0.05, 0.1) is 6.61 Å². The van der Waals surface area contributed by atoms with Crippen molar-refractivity contribution >= 4 is 18.1 Å². The molecule has 0 saturated carbocycles. The van der Waals surface area contributed by atoms with E-state index in [-0.39, 0.29) is 78.6 Å². The van der Waals surface area contributed by atoms with Gasteiger partial charge in [-0.3, -0.25) is 9.69 Å². The Morgan fingerprint density at radius 1 is 0.862 bits per heavy atom. The van der Waals surface area contributed by atoms with Crippen molar-refractivity contribution in [2.24, 2.45) is 0 Å². The standard InChI is InChI=1S/C19H36N2O6.2Na/c1-3-4-5-6-7-8-9-10-11-12-17(23)21(19(26)27)15-16(2)20(13-14-22)18(24)25;;/h16,22H,3-15H2,1-2H3,(H,24,25)(H,26,27);;/q;2*+1/p-2. The number of unbranched alkanes of at least 4 members (excludes halogenated alkanes) is 8. The average Bonchev–Trinajstić information content (AvgIpc) is 2.61. The molecule has 0 aromatic carbocycles. The number of carbonyl (C=O) groups excluding carboxylic acids is 3. The third-order valence-electron chi connectivity index (χ3n) is 4.57. The van der Waals surface area contributed by atoms with Crippen molar-refractivity contribution < 1.29 is 88.8 Å². The minimum Gasteiger partial charge on any atom is -0.530 e. The van der Waals surface area contributed by atoms with Crippen LogP contribution in [0, 0.1) is 0 Å². The summed E-state index contributed by atoms with van der Waals surface area (Å²) in [7, 11) is 0. The Hall–Kier alpha value is 0.170. The number of aliphatic hydroxyl groups excluding tert-OH is 1. The zero-order chi connectivity index (χ0) is 20.7. The number of imide groups is 1. The Balaban J connectivity index is -0.00000338. The van der Waals surface area contributed by atoms with Crippen LogP contribution >= 0.6 is 0 Å². The molecule has 0 aromatic rings. The minimum atomic E-state index is -1.65. The summed E-state index contributed by atoms with van der Waals surface area (Å²) < 4.78 is 0. The summed E-state index contributed by atoms with van der Waals surface area (Å²) in [5, 5.41) is 31.2. The van der Waals surface area contributed by atoms with Gasteiger partial charge in [0.25, 0.3) is 0 Å². The molecule has 0 aromatic heterocycles. The van der Waals surface area contributed by atoms with Crippen molar-refractivity contribution in [2.45, 2.75) is 84.1 Å². The largest absolute Gasteiger partial charge is 1.00 e. The molecule has 0 saturated heterocycles. The van der Waals surface area contributed by atoms with Crippen LogP contribution in [0.5, 0.6) is 0 Å². The van der Waals surface area contributed by atoms with E-state index >= 15 is 0 Å². The van der Waals surface area contributed by atoms with Gasteiger partial charge in [-0.15, -0.1) is 0 Å². The van der Waals surface area contributed by atoms with E-state index in [0.29, 0.717) is 11.3 Å². The van der Waals surface area contributed by atoms with Crippen LogP contribution in [0.25, 0.3) is 0 Å². The second-order valence-electron chi connectivity index (χ2n) is 6.88. The maximum absolute atomic E-state index is 12.2. The van der Waals surface area contributed by atoms with Gasteiger partial charge in [0.2, 0.25) is 5.91 Å². The Morgan fingerprint density at radius 3 is 1.76 bits per heavy atom. The minimum absolute atomic E-state index is 0. The first-order valence-corrected chi connectivity index (χ1v) is 9.94. The van der Waals surface area contributed by atoms with Crippen molar-refractivity contribution in [1.29, 1.82) is 0 Å². The molecule has 29 heavy (non-hydrogen) atoms. The maximum Gasteiger partial charge on any atom is 1.00 e. The second kappa shape index (κ2) is 21.4. The average molecular weight is 432 g/mol. The first-order chi connectivity index (χ1) is 12.8. The first-order valence-electron chi connectivity index (χ1n) is 9.94. The Morgan fingerprint density at radius 2 is 1.34 bits per heavy atom. The molecule has 0 spiro atoms. The summed E-state index contributed by atoms with van der Waals surface area (Å²) in [5.74, 6) is -0.591. The number of amides is 3. The fourth-order valence-electron chi connectivity index (χ4n) is 2.96. The first kappa shape index (κ1) is 33.8. The van der Waals surface area contributed by atoms with Gasteiger partial charge in [-0.25, -0.2) is 0 Å². The van der Waals surface area contributed by atoms with Gasteiger partial charge in [0.15, 0.2) is 0 Å². The SMILES string of the molecule is CCCCCCCCCCCC(=O)N(CC(C)N(CCO)C(=O)[O-])C(=O)[O-].[Na+].[Na+]. The Labute approximate surface area is 219 Å². The summed E-state index contributed by atoms with van der Waals surface area (Å²) in [4.78, 5) is 35.8. The van der Waals surface area contributed by atoms with E-state index in [1.54, 1.807) is 0 Å². The van der Waals surface area contributed by atoms with Gasteiger partial charge >= 0.3 is 59.1 Å². The van der Waals surface area contributed by atoms with Gasteiger partial charge < -0.3 is 29.8 Å². The Kier molecular flexibility index (Phi) is 24.9. The molecule has 3 amide bonds. The molecular formula is C19H34N2Na2O6. The maximum atomic E-state index is 12.2. The van der Waals surface area contributed by atoms with Crippen molar-refractivity contribution in [1.82, 2.24) is 9.80 Å². The smallest absolute Gasteiger partial charge is 0.530 e. The van der Waals surface area contributed by atoms with E-state index in [0.717, 1.165) is 24.2 Å². The molecule has 1 N–H and O–H groups in total. The molecule has 0 aliphatic rings. The third kappa shape index (κ3) is 16.5. The van der Waals surface area contributed by atoms with E-state index in [1.165, 1.54) is 39.0 Å². The number of carboxylic acid groups (broad SMARTS) is 2. The van der Waals surface area contributed by atoms with E-state index in [9.17, 15) is 24.6 Å². The van der Waals surface area contributed by atoms with Crippen LogP contribution in [-0.4, -0.2) is 58.7 Å². The quantitative estimate of drug-likeness (QED) is 0.204. The normalized spacial score (nSPS) is 11.0. The molecule has 10 heteroatoms. The number of carbonyl (C=O) groups is 3. The van der Waals surface area contributed by atoms with Gasteiger partial charge in [-0.1, -0.05) is 58.3 Å². The fraction of sp³-hybridized carbons (Fsp3) is 0.842. The molecule has 0 aliphatic carbocycles. The van der Waals surface area contributed by atoms with E-state index in [1.807, 2.05) is 0 Å². The van der Waals surface area contributed by atoms with Crippen LogP contribution in [-0.2, 0) is 4.79 Å². The van der Waals surface area contributed by atoms with Gasteiger partial charge in [0, 0.05) is 25.6 Å². The number of hydrogen-bond donors (Lipinski definition) is 1. The molecular weight excluding hydrogens is 398 g/mol. The molecule has 158 valence electrons. The summed E-state index contributed by atoms with van der Waals surface area (Å²) in [5.41, 5.74) is 0. The summed E-state index contributed by atoms with van der Waals surface area (Å²) >= 11 is 0. The molecule has 0 radical (unpaired) electrons. The van der Waals surface area contributed by atoms with Crippen molar-refractivity contribution in [3.8, 4) is 0 Å². The van der Waals surface area contributed by atoms with Crippen LogP contribution in [0.1, 0.15) is 78.1 Å². The third-order valence-corrected chi connectivity index (χ3v) is 4.57. The number of nitrogens with zero attached hydrogens (tertiary/aromatic N) is 2. The molecule has 8 nitrogen and oxygen atoms in total. The topological polar surface area (TPSA) is 124 Å². The Bertz CT molecular complexity index is 454. The molecule has 0 fully saturated rings. The predicted octanol–water partition coefficient (Wildman–Crippen LogP) is -4.89. The molecule has 1 unspecified atom stereocenters. The van der Waals surface area contributed by atoms with E-state index in [2.05, 4.69) is 6.92 Å². The summed E-state index contributed by atoms with van der Waals surface area (Å²) in [6.45, 7) is 2.66. The zero-order valence-electron chi connectivity index (χ0n) is 18.7. The van der Waals surface area contributed by atoms with Crippen molar-refractivity contribution in [2.75, 3.05) is 19.7 Å². The van der Waals surface area contributed by atoms with Gasteiger partial charge in [0.1, 0.15) is 12.2 Å². The predicted molar refractivity (Wildman–Crippen MR) is 97.6 cm³/mol. The monoisotopic (exact) mass is 432 g/mol.